The van der Waals surface area contributed by atoms with Gasteiger partial charge in [-0.3, -0.25) is 0 Å². The molecule has 2 N–H and O–H groups in total. The monoisotopic (exact) mass is 250 g/mol. The molecule has 18 heavy (non-hydrogen) atoms. The lowest BCUT2D eigenvalue weighted by atomic mass is 10.0. The highest BCUT2D eigenvalue weighted by Gasteiger charge is 2.11. The summed E-state index contributed by atoms with van der Waals surface area (Å²) in [4.78, 5) is 2.32. The van der Waals surface area contributed by atoms with Crippen LogP contribution in [0.15, 0.2) is 24.3 Å². The molecule has 0 aliphatic heterocycles. The van der Waals surface area contributed by atoms with E-state index in [9.17, 15) is 0 Å². The molecule has 0 bridgehead atoms. The first-order valence-electron chi connectivity index (χ1n) is 6.71. The van der Waals surface area contributed by atoms with Gasteiger partial charge in [-0.05, 0) is 32.0 Å². The molecule has 1 unspecified atom stereocenters. The number of nitrogens with two attached hydrogens (primary N) is 1. The fourth-order valence-corrected chi connectivity index (χ4v) is 2.32. The molecule has 0 aliphatic carbocycles. The van der Waals surface area contributed by atoms with E-state index in [1.165, 1.54) is 18.4 Å². The number of ether oxygens (including phenoxy) is 1. The van der Waals surface area contributed by atoms with E-state index in [0.717, 1.165) is 25.4 Å². The summed E-state index contributed by atoms with van der Waals surface area (Å²) in [5.41, 5.74) is 7.04. The van der Waals surface area contributed by atoms with Crippen molar-refractivity contribution in [3.63, 3.8) is 0 Å². The van der Waals surface area contributed by atoms with Crippen molar-refractivity contribution in [2.45, 2.75) is 26.3 Å². The van der Waals surface area contributed by atoms with Crippen LogP contribution < -0.4 is 10.5 Å². The lowest BCUT2D eigenvalue weighted by Gasteiger charge is -2.23. The zero-order chi connectivity index (χ0) is 13.4. The van der Waals surface area contributed by atoms with Gasteiger partial charge in [0.25, 0.3) is 0 Å². The summed E-state index contributed by atoms with van der Waals surface area (Å²) in [6.45, 7) is 4.93. The van der Waals surface area contributed by atoms with Gasteiger partial charge in [-0.25, -0.2) is 0 Å². The molecule has 3 heteroatoms. The molecule has 1 aromatic carbocycles. The molecule has 0 heterocycles. The fraction of sp³-hybridized carbons (Fsp3) is 0.600. The Morgan fingerprint density at radius 3 is 2.67 bits per heavy atom. The van der Waals surface area contributed by atoms with Crippen molar-refractivity contribution in [3.05, 3.63) is 29.8 Å². The van der Waals surface area contributed by atoms with Crippen molar-refractivity contribution in [2.24, 2.45) is 11.7 Å². The van der Waals surface area contributed by atoms with E-state index in [4.69, 9.17) is 10.5 Å². The second-order valence-corrected chi connectivity index (χ2v) is 4.90. The Hall–Kier alpha value is -1.06. The summed E-state index contributed by atoms with van der Waals surface area (Å²) in [6.07, 6.45) is 2.40. The minimum atomic E-state index is 0.592. The van der Waals surface area contributed by atoms with Crippen molar-refractivity contribution >= 4 is 0 Å². The van der Waals surface area contributed by atoms with E-state index in [1.54, 1.807) is 7.11 Å². The van der Waals surface area contributed by atoms with Gasteiger partial charge in [-0.15, -0.1) is 0 Å². The van der Waals surface area contributed by atoms with E-state index in [-0.39, 0.29) is 0 Å². The topological polar surface area (TPSA) is 38.5 Å². The van der Waals surface area contributed by atoms with Crippen molar-refractivity contribution in [1.29, 1.82) is 0 Å². The highest BCUT2D eigenvalue weighted by Crippen LogP contribution is 2.19. The molecule has 102 valence electrons. The Balaban J connectivity index is 2.55. The van der Waals surface area contributed by atoms with Gasteiger partial charge in [0.2, 0.25) is 0 Å². The summed E-state index contributed by atoms with van der Waals surface area (Å²) < 4.78 is 5.37. The first-order chi connectivity index (χ1) is 8.71. The van der Waals surface area contributed by atoms with Crippen LogP contribution in [0.5, 0.6) is 5.75 Å². The van der Waals surface area contributed by atoms with Gasteiger partial charge < -0.3 is 15.4 Å². The van der Waals surface area contributed by atoms with Crippen LogP contribution in [-0.2, 0) is 6.54 Å². The second kappa shape index (κ2) is 8.11. The Morgan fingerprint density at radius 2 is 2.06 bits per heavy atom. The van der Waals surface area contributed by atoms with E-state index in [0.29, 0.717) is 5.92 Å². The number of hydrogen-bond acceptors (Lipinski definition) is 3. The van der Waals surface area contributed by atoms with E-state index in [2.05, 4.69) is 31.0 Å². The first-order valence-corrected chi connectivity index (χ1v) is 6.71. The molecule has 0 aliphatic rings. The van der Waals surface area contributed by atoms with Gasteiger partial charge in [-0.2, -0.15) is 0 Å². The predicted octanol–water partition coefficient (Wildman–Crippen LogP) is 2.50. The van der Waals surface area contributed by atoms with E-state index >= 15 is 0 Å². The fourth-order valence-electron chi connectivity index (χ4n) is 2.32. The van der Waals surface area contributed by atoms with Gasteiger partial charge in [-0.1, -0.05) is 31.5 Å². The maximum absolute atomic E-state index is 5.81. The Morgan fingerprint density at radius 1 is 1.33 bits per heavy atom. The second-order valence-electron chi connectivity index (χ2n) is 4.90. The zero-order valence-corrected chi connectivity index (χ0v) is 11.9. The standard InChI is InChI=1S/C15H26N2O/c1-4-7-13(10-16)11-17(2)12-14-8-5-6-9-15(14)18-3/h5-6,8-9,13H,4,7,10-12,16H2,1-3H3. The summed E-state index contributed by atoms with van der Waals surface area (Å²) in [7, 11) is 3.86. The molecule has 0 fully saturated rings. The van der Waals surface area contributed by atoms with Crippen LogP contribution in [0.1, 0.15) is 25.3 Å². The molecule has 0 saturated carbocycles. The van der Waals surface area contributed by atoms with Crippen molar-refractivity contribution in [3.8, 4) is 5.75 Å². The predicted molar refractivity (Wildman–Crippen MR) is 76.8 cm³/mol. The minimum absolute atomic E-state index is 0.592. The Bertz CT molecular complexity index is 341. The van der Waals surface area contributed by atoms with Gasteiger partial charge in [0.05, 0.1) is 7.11 Å². The quantitative estimate of drug-likeness (QED) is 0.770. The number of hydrogen-bond donors (Lipinski definition) is 1. The number of rotatable bonds is 8. The molecule has 0 amide bonds. The van der Waals surface area contributed by atoms with Crippen LogP contribution in [0.25, 0.3) is 0 Å². The molecular formula is C15H26N2O. The summed E-state index contributed by atoms with van der Waals surface area (Å²) in [5.74, 6) is 1.55. The molecule has 3 nitrogen and oxygen atoms in total. The van der Waals surface area contributed by atoms with Gasteiger partial charge in [0, 0.05) is 18.7 Å². The highest BCUT2D eigenvalue weighted by atomic mass is 16.5. The summed E-state index contributed by atoms with van der Waals surface area (Å²) in [5, 5.41) is 0. The average Bonchev–Trinajstić information content (AvgIpc) is 2.38. The van der Waals surface area contributed by atoms with Crippen LogP contribution >= 0.6 is 0 Å². The average molecular weight is 250 g/mol. The molecule has 1 aromatic rings. The molecule has 0 saturated heterocycles. The van der Waals surface area contributed by atoms with Crippen LogP contribution in [0.4, 0.5) is 0 Å². The summed E-state index contributed by atoms with van der Waals surface area (Å²) >= 11 is 0. The first kappa shape index (κ1) is 15.0. The van der Waals surface area contributed by atoms with E-state index in [1.807, 2.05) is 12.1 Å². The molecule has 0 radical (unpaired) electrons. The minimum Gasteiger partial charge on any atom is -0.496 e. The Kier molecular flexibility index (Phi) is 6.76. The van der Waals surface area contributed by atoms with Crippen molar-refractivity contribution in [1.82, 2.24) is 4.90 Å². The molecular weight excluding hydrogens is 224 g/mol. The van der Waals surface area contributed by atoms with Crippen LogP contribution in [0.3, 0.4) is 0 Å². The molecule has 1 rings (SSSR count). The van der Waals surface area contributed by atoms with Crippen molar-refractivity contribution in [2.75, 3.05) is 27.2 Å². The lowest BCUT2D eigenvalue weighted by molar-refractivity contribution is 0.259. The van der Waals surface area contributed by atoms with Crippen LogP contribution in [0, 0.1) is 5.92 Å². The van der Waals surface area contributed by atoms with Gasteiger partial charge in [0.1, 0.15) is 5.75 Å². The van der Waals surface area contributed by atoms with Crippen LogP contribution in [-0.4, -0.2) is 32.1 Å². The van der Waals surface area contributed by atoms with Gasteiger partial charge >= 0.3 is 0 Å². The molecule has 0 aromatic heterocycles. The third-order valence-electron chi connectivity index (χ3n) is 3.23. The largest absolute Gasteiger partial charge is 0.496 e. The van der Waals surface area contributed by atoms with Gasteiger partial charge in [0.15, 0.2) is 0 Å². The maximum atomic E-state index is 5.81. The third-order valence-corrected chi connectivity index (χ3v) is 3.23. The normalized spacial score (nSPS) is 12.7. The molecule has 0 spiro atoms. The maximum Gasteiger partial charge on any atom is 0.123 e. The number of nitrogens with zero attached hydrogens (tertiary/aromatic N) is 1. The zero-order valence-electron chi connectivity index (χ0n) is 11.9. The molecule has 1 atom stereocenters. The third kappa shape index (κ3) is 4.67. The number of para-hydroxylation sites is 1. The number of methoxy groups -OCH3 is 1. The van der Waals surface area contributed by atoms with Crippen LogP contribution in [0.2, 0.25) is 0 Å². The Labute approximate surface area is 111 Å². The smallest absolute Gasteiger partial charge is 0.123 e. The highest BCUT2D eigenvalue weighted by molar-refractivity contribution is 5.32. The number of benzene rings is 1. The van der Waals surface area contributed by atoms with E-state index < -0.39 is 0 Å². The van der Waals surface area contributed by atoms with Crippen molar-refractivity contribution < 1.29 is 4.74 Å². The lowest BCUT2D eigenvalue weighted by Crippen LogP contribution is -2.29. The SMILES string of the molecule is CCCC(CN)CN(C)Cc1ccccc1OC. The summed E-state index contributed by atoms with van der Waals surface area (Å²) in [6, 6.07) is 8.18.